The van der Waals surface area contributed by atoms with Crippen LogP contribution in [0.15, 0.2) is 0 Å². The van der Waals surface area contributed by atoms with Crippen molar-refractivity contribution in [1.82, 2.24) is 5.32 Å². The average molecular weight is 169 g/mol. The minimum atomic E-state index is 0.794. The molecule has 1 nitrogen and oxygen atoms in total. The van der Waals surface area contributed by atoms with E-state index in [-0.39, 0.29) is 0 Å². The topological polar surface area (TPSA) is 12.0 Å². The van der Waals surface area contributed by atoms with Crippen molar-refractivity contribution in [2.45, 2.75) is 46.1 Å². The summed E-state index contributed by atoms with van der Waals surface area (Å²) in [5.41, 5.74) is 0. The quantitative estimate of drug-likeness (QED) is 0.685. The van der Waals surface area contributed by atoms with Crippen LogP contribution in [-0.4, -0.2) is 13.1 Å². The summed E-state index contributed by atoms with van der Waals surface area (Å²) in [6.45, 7) is 7.03. The van der Waals surface area contributed by atoms with E-state index in [1.54, 1.807) is 0 Å². The fourth-order valence-electron chi connectivity index (χ4n) is 2.52. The average Bonchev–Trinajstić information content (AvgIpc) is 2.46. The molecule has 3 atom stereocenters. The second kappa shape index (κ2) is 4.27. The summed E-state index contributed by atoms with van der Waals surface area (Å²) in [5, 5.41) is 3.45. The fraction of sp³-hybridized carbons (Fsp3) is 1.00. The van der Waals surface area contributed by atoms with E-state index in [0.29, 0.717) is 0 Å². The Balaban J connectivity index is 2.47. The molecule has 0 saturated heterocycles. The maximum atomic E-state index is 3.45. The first-order valence-corrected chi connectivity index (χ1v) is 5.36. The summed E-state index contributed by atoms with van der Waals surface area (Å²) < 4.78 is 0. The summed E-state index contributed by atoms with van der Waals surface area (Å²) in [7, 11) is 2.11. The lowest BCUT2D eigenvalue weighted by atomic mass is 9.93. The second-order valence-electron chi connectivity index (χ2n) is 4.54. The van der Waals surface area contributed by atoms with Crippen molar-refractivity contribution in [3.63, 3.8) is 0 Å². The maximum Gasteiger partial charge on any atom is 0.00950 e. The highest BCUT2D eigenvalue weighted by molar-refractivity contribution is 4.87. The first kappa shape index (κ1) is 10.0. The molecule has 0 aliphatic heterocycles. The monoisotopic (exact) mass is 169 g/mol. The summed E-state index contributed by atoms with van der Waals surface area (Å²) in [4.78, 5) is 0. The number of rotatable bonds is 3. The SMILES string of the molecule is CCC1CC(C(C)C)CC1NC. The van der Waals surface area contributed by atoms with Gasteiger partial charge in [-0.05, 0) is 37.6 Å². The Morgan fingerprint density at radius 3 is 2.33 bits per heavy atom. The molecule has 0 heterocycles. The van der Waals surface area contributed by atoms with Gasteiger partial charge in [-0.3, -0.25) is 0 Å². The zero-order valence-corrected chi connectivity index (χ0v) is 8.93. The number of hydrogen-bond donors (Lipinski definition) is 1. The van der Waals surface area contributed by atoms with Crippen molar-refractivity contribution in [3.8, 4) is 0 Å². The normalized spacial score (nSPS) is 36.2. The summed E-state index contributed by atoms with van der Waals surface area (Å²) in [6.07, 6.45) is 4.18. The molecule has 1 saturated carbocycles. The van der Waals surface area contributed by atoms with Gasteiger partial charge in [-0.2, -0.15) is 0 Å². The van der Waals surface area contributed by atoms with Crippen LogP contribution in [0, 0.1) is 17.8 Å². The zero-order chi connectivity index (χ0) is 9.14. The molecule has 1 N–H and O–H groups in total. The van der Waals surface area contributed by atoms with Crippen LogP contribution in [0.3, 0.4) is 0 Å². The Hall–Kier alpha value is -0.0400. The van der Waals surface area contributed by atoms with Gasteiger partial charge < -0.3 is 5.32 Å². The van der Waals surface area contributed by atoms with E-state index in [9.17, 15) is 0 Å². The molecule has 0 aromatic rings. The molecule has 1 fully saturated rings. The van der Waals surface area contributed by atoms with Crippen LogP contribution in [0.25, 0.3) is 0 Å². The Morgan fingerprint density at radius 2 is 2.00 bits per heavy atom. The molecule has 1 aliphatic rings. The third-order valence-electron chi connectivity index (χ3n) is 3.57. The Morgan fingerprint density at radius 1 is 1.33 bits per heavy atom. The third-order valence-corrected chi connectivity index (χ3v) is 3.57. The lowest BCUT2D eigenvalue weighted by Gasteiger charge is -2.15. The standard InChI is InChI=1S/C11H23N/c1-5-9-6-10(8(2)3)7-11(9)12-4/h8-12H,5-7H2,1-4H3. The molecule has 0 aromatic carbocycles. The molecule has 0 aromatic heterocycles. The highest BCUT2D eigenvalue weighted by Gasteiger charge is 2.33. The lowest BCUT2D eigenvalue weighted by Crippen LogP contribution is -2.28. The van der Waals surface area contributed by atoms with Crippen molar-refractivity contribution in [2.75, 3.05) is 7.05 Å². The summed E-state index contributed by atoms with van der Waals surface area (Å²) in [5.74, 6) is 2.77. The second-order valence-corrected chi connectivity index (χ2v) is 4.54. The summed E-state index contributed by atoms with van der Waals surface area (Å²) in [6, 6.07) is 0.794. The molecular weight excluding hydrogens is 146 g/mol. The van der Waals surface area contributed by atoms with Crippen molar-refractivity contribution < 1.29 is 0 Å². The highest BCUT2D eigenvalue weighted by Crippen LogP contribution is 2.37. The number of nitrogens with one attached hydrogen (secondary N) is 1. The number of hydrogen-bond acceptors (Lipinski definition) is 1. The van der Waals surface area contributed by atoms with Gasteiger partial charge in [0.25, 0.3) is 0 Å². The molecule has 0 spiro atoms. The Labute approximate surface area is 76.9 Å². The maximum absolute atomic E-state index is 3.45. The van der Waals surface area contributed by atoms with Gasteiger partial charge in [0.05, 0.1) is 0 Å². The molecule has 0 amide bonds. The Bertz CT molecular complexity index is 119. The van der Waals surface area contributed by atoms with E-state index in [2.05, 4.69) is 33.1 Å². The van der Waals surface area contributed by atoms with Crippen LogP contribution in [-0.2, 0) is 0 Å². The van der Waals surface area contributed by atoms with Crippen molar-refractivity contribution in [2.24, 2.45) is 17.8 Å². The van der Waals surface area contributed by atoms with E-state index in [0.717, 1.165) is 23.8 Å². The van der Waals surface area contributed by atoms with Crippen LogP contribution < -0.4 is 5.32 Å². The smallest absolute Gasteiger partial charge is 0.00950 e. The van der Waals surface area contributed by atoms with Gasteiger partial charge in [0, 0.05) is 6.04 Å². The van der Waals surface area contributed by atoms with Gasteiger partial charge in [0.1, 0.15) is 0 Å². The third kappa shape index (κ3) is 2.01. The van der Waals surface area contributed by atoms with Gasteiger partial charge in [0.15, 0.2) is 0 Å². The van der Waals surface area contributed by atoms with Gasteiger partial charge in [-0.15, -0.1) is 0 Å². The Kier molecular flexibility index (Phi) is 3.57. The molecule has 1 heteroatoms. The van der Waals surface area contributed by atoms with Crippen LogP contribution in [0.1, 0.15) is 40.0 Å². The molecule has 72 valence electrons. The van der Waals surface area contributed by atoms with E-state index in [1.165, 1.54) is 19.3 Å². The van der Waals surface area contributed by atoms with Gasteiger partial charge in [-0.25, -0.2) is 0 Å². The first-order valence-electron chi connectivity index (χ1n) is 5.36. The van der Waals surface area contributed by atoms with Gasteiger partial charge in [-0.1, -0.05) is 27.2 Å². The van der Waals surface area contributed by atoms with Crippen LogP contribution in [0.4, 0.5) is 0 Å². The molecule has 1 aliphatic carbocycles. The van der Waals surface area contributed by atoms with E-state index in [1.807, 2.05) is 0 Å². The summed E-state index contributed by atoms with van der Waals surface area (Å²) >= 11 is 0. The van der Waals surface area contributed by atoms with Crippen LogP contribution >= 0.6 is 0 Å². The van der Waals surface area contributed by atoms with E-state index >= 15 is 0 Å². The van der Waals surface area contributed by atoms with E-state index < -0.39 is 0 Å². The van der Waals surface area contributed by atoms with Crippen LogP contribution in [0.2, 0.25) is 0 Å². The van der Waals surface area contributed by atoms with Crippen molar-refractivity contribution in [1.29, 1.82) is 0 Å². The molecule has 1 rings (SSSR count). The van der Waals surface area contributed by atoms with Gasteiger partial charge in [0.2, 0.25) is 0 Å². The lowest BCUT2D eigenvalue weighted by molar-refractivity contribution is 0.376. The largest absolute Gasteiger partial charge is 0.317 e. The molecule has 0 radical (unpaired) electrons. The van der Waals surface area contributed by atoms with Gasteiger partial charge >= 0.3 is 0 Å². The predicted molar refractivity (Wildman–Crippen MR) is 54.2 cm³/mol. The molecule has 0 bridgehead atoms. The van der Waals surface area contributed by atoms with Crippen molar-refractivity contribution in [3.05, 3.63) is 0 Å². The highest BCUT2D eigenvalue weighted by atomic mass is 14.9. The zero-order valence-electron chi connectivity index (χ0n) is 8.93. The first-order chi connectivity index (χ1) is 5.69. The molecule has 3 unspecified atom stereocenters. The van der Waals surface area contributed by atoms with E-state index in [4.69, 9.17) is 0 Å². The minimum absolute atomic E-state index is 0.794. The van der Waals surface area contributed by atoms with Crippen molar-refractivity contribution >= 4 is 0 Å². The molecular formula is C11H23N. The fourth-order valence-corrected chi connectivity index (χ4v) is 2.52. The van der Waals surface area contributed by atoms with Crippen LogP contribution in [0.5, 0.6) is 0 Å². The predicted octanol–water partition coefficient (Wildman–Crippen LogP) is 2.67. The molecule has 12 heavy (non-hydrogen) atoms. The minimum Gasteiger partial charge on any atom is -0.317 e.